The zero-order valence-electron chi connectivity index (χ0n) is 7.45. The molecule has 14 heavy (non-hydrogen) atoms. The average Bonchev–Trinajstić information content (AvgIpc) is 2.11. The lowest BCUT2D eigenvalue weighted by molar-refractivity contribution is -0.386. The van der Waals surface area contributed by atoms with E-state index in [0.29, 0.717) is 5.56 Å². The third-order valence-electron chi connectivity index (χ3n) is 1.87. The van der Waals surface area contributed by atoms with Crippen molar-refractivity contribution < 1.29 is 9.31 Å². The van der Waals surface area contributed by atoms with Crippen LogP contribution in [0.5, 0.6) is 0 Å². The molecule has 0 radical (unpaired) electrons. The van der Waals surface area contributed by atoms with Crippen LogP contribution in [0, 0.1) is 34.2 Å². The Morgan fingerprint density at radius 1 is 1.64 bits per heavy atom. The van der Waals surface area contributed by atoms with E-state index < -0.39 is 10.7 Å². The van der Waals surface area contributed by atoms with Crippen LogP contribution in [0.15, 0.2) is 12.1 Å². The maximum absolute atomic E-state index is 13.1. The number of hydrogen-bond acceptors (Lipinski definition) is 3. The van der Waals surface area contributed by atoms with E-state index in [9.17, 15) is 14.5 Å². The highest BCUT2D eigenvalue weighted by atomic mass is 19.1. The van der Waals surface area contributed by atoms with Crippen molar-refractivity contribution in [1.82, 2.24) is 0 Å². The van der Waals surface area contributed by atoms with Gasteiger partial charge in [0.15, 0.2) is 0 Å². The molecule has 0 amide bonds. The second kappa shape index (κ2) is 3.83. The van der Waals surface area contributed by atoms with E-state index >= 15 is 0 Å². The molecule has 0 bridgehead atoms. The summed E-state index contributed by atoms with van der Waals surface area (Å²) in [5.74, 6) is -0.705. The zero-order valence-corrected chi connectivity index (χ0v) is 7.45. The SMILES string of the molecule is Cc1ccc(F)c(CC#N)c1[N+](=O)[O-]. The fourth-order valence-electron chi connectivity index (χ4n) is 1.23. The summed E-state index contributed by atoms with van der Waals surface area (Å²) in [5.41, 5.74) is -0.0781. The van der Waals surface area contributed by atoms with Crippen LogP contribution in [0.3, 0.4) is 0 Å². The van der Waals surface area contributed by atoms with Crippen LogP contribution in [0.25, 0.3) is 0 Å². The summed E-state index contributed by atoms with van der Waals surface area (Å²) in [4.78, 5) is 9.94. The number of nitro benzene ring substituents is 1. The summed E-state index contributed by atoms with van der Waals surface area (Å²) >= 11 is 0. The van der Waals surface area contributed by atoms with Gasteiger partial charge in [0.05, 0.1) is 23.0 Å². The van der Waals surface area contributed by atoms with Crippen LogP contribution in [-0.2, 0) is 6.42 Å². The van der Waals surface area contributed by atoms with Crippen LogP contribution in [0.2, 0.25) is 0 Å². The molecule has 0 fully saturated rings. The van der Waals surface area contributed by atoms with Gasteiger partial charge in [0, 0.05) is 5.56 Å². The van der Waals surface area contributed by atoms with Crippen molar-refractivity contribution in [3.63, 3.8) is 0 Å². The highest BCUT2D eigenvalue weighted by Crippen LogP contribution is 2.25. The Morgan fingerprint density at radius 2 is 2.29 bits per heavy atom. The molecule has 0 N–H and O–H groups in total. The van der Waals surface area contributed by atoms with E-state index in [1.807, 2.05) is 0 Å². The summed E-state index contributed by atoms with van der Waals surface area (Å²) < 4.78 is 13.1. The molecule has 1 rings (SSSR count). The van der Waals surface area contributed by atoms with Gasteiger partial charge in [-0.25, -0.2) is 4.39 Å². The van der Waals surface area contributed by atoms with Gasteiger partial charge in [-0.3, -0.25) is 10.1 Å². The van der Waals surface area contributed by atoms with E-state index in [0.717, 1.165) is 6.07 Å². The first kappa shape index (κ1) is 10.1. The van der Waals surface area contributed by atoms with Crippen LogP contribution < -0.4 is 0 Å². The van der Waals surface area contributed by atoms with Crippen molar-refractivity contribution in [2.45, 2.75) is 13.3 Å². The van der Waals surface area contributed by atoms with E-state index in [1.165, 1.54) is 13.0 Å². The Bertz CT molecular complexity index is 424. The van der Waals surface area contributed by atoms with Gasteiger partial charge in [0.1, 0.15) is 5.82 Å². The monoisotopic (exact) mass is 194 g/mol. The van der Waals surface area contributed by atoms with Gasteiger partial charge in [0.25, 0.3) is 5.69 Å². The normalized spacial score (nSPS) is 9.50. The first-order valence-corrected chi connectivity index (χ1v) is 3.87. The lowest BCUT2D eigenvalue weighted by Gasteiger charge is -2.02. The first-order chi connectivity index (χ1) is 6.57. The smallest absolute Gasteiger partial charge is 0.258 e. The predicted molar refractivity (Wildman–Crippen MR) is 47.1 cm³/mol. The fourth-order valence-corrected chi connectivity index (χ4v) is 1.23. The molecule has 0 saturated carbocycles. The molecule has 0 aliphatic heterocycles. The summed E-state index contributed by atoms with van der Waals surface area (Å²) in [6, 6.07) is 4.16. The van der Waals surface area contributed by atoms with Crippen molar-refractivity contribution in [3.8, 4) is 6.07 Å². The Labute approximate surface area is 79.7 Å². The molecule has 72 valence electrons. The molecular weight excluding hydrogens is 187 g/mol. The first-order valence-electron chi connectivity index (χ1n) is 3.87. The topological polar surface area (TPSA) is 66.9 Å². The van der Waals surface area contributed by atoms with Gasteiger partial charge < -0.3 is 0 Å². The largest absolute Gasteiger partial charge is 0.279 e. The average molecular weight is 194 g/mol. The Balaban J connectivity index is 3.43. The zero-order chi connectivity index (χ0) is 10.7. The lowest BCUT2D eigenvalue weighted by Crippen LogP contribution is -2.00. The minimum atomic E-state index is -0.705. The number of benzene rings is 1. The van der Waals surface area contributed by atoms with Crippen molar-refractivity contribution in [2.24, 2.45) is 0 Å². The molecule has 1 aromatic rings. The number of nitrogens with zero attached hydrogens (tertiary/aromatic N) is 2. The van der Waals surface area contributed by atoms with Gasteiger partial charge in [-0.2, -0.15) is 5.26 Å². The molecule has 0 aliphatic carbocycles. The molecule has 0 aliphatic rings. The maximum Gasteiger partial charge on any atom is 0.279 e. The molecule has 1 aromatic carbocycles. The summed E-state index contributed by atoms with van der Waals surface area (Å²) in [6.07, 6.45) is -0.288. The highest BCUT2D eigenvalue weighted by molar-refractivity contribution is 5.48. The summed E-state index contributed by atoms with van der Waals surface area (Å²) in [7, 11) is 0. The third kappa shape index (κ3) is 1.69. The van der Waals surface area contributed by atoms with Crippen LogP contribution in [0.1, 0.15) is 11.1 Å². The molecule has 0 spiro atoms. The second-order valence-electron chi connectivity index (χ2n) is 2.78. The number of hydrogen-bond donors (Lipinski definition) is 0. The van der Waals surface area contributed by atoms with Crippen molar-refractivity contribution in [3.05, 3.63) is 39.2 Å². The van der Waals surface area contributed by atoms with Gasteiger partial charge in [-0.15, -0.1) is 0 Å². The van der Waals surface area contributed by atoms with Gasteiger partial charge in [0.2, 0.25) is 0 Å². The third-order valence-corrected chi connectivity index (χ3v) is 1.87. The minimum Gasteiger partial charge on any atom is -0.258 e. The molecule has 0 saturated heterocycles. The van der Waals surface area contributed by atoms with E-state index in [2.05, 4.69) is 0 Å². The molecule has 5 heteroatoms. The fraction of sp³-hybridized carbons (Fsp3) is 0.222. The minimum absolute atomic E-state index is 0.141. The van der Waals surface area contributed by atoms with Crippen molar-refractivity contribution >= 4 is 5.69 Å². The molecular formula is C9H7FN2O2. The lowest BCUT2D eigenvalue weighted by atomic mass is 10.1. The van der Waals surface area contributed by atoms with Crippen molar-refractivity contribution in [2.75, 3.05) is 0 Å². The molecule has 0 unspecified atom stereocenters. The van der Waals surface area contributed by atoms with Crippen LogP contribution >= 0.6 is 0 Å². The highest BCUT2D eigenvalue weighted by Gasteiger charge is 2.20. The molecule has 0 atom stereocenters. The Hall–Kier alpha value is -1.96. The van der Waals surface area contributed by atoms with E-state index in [4.69, 9.17) is 5.26 Å². The van der Waals surface area contributed by atoms with Gasteiger partial charge in [-0.05, 0) is 19.1 Å². The van der Waals surface area contributed by atoms with Crippen LogP contribution in [-0.4, -0.2) is 4.92 Å². The number of halogens is 1. The molecule has 4 nitrogen and oxygen atoms in total. The van der Waals surface area contributed by atoms with Gasteiger partial charge in [-0.1, -0.05) is 0 Å². The standard InChI is InChI=1S/C9H7FN2O2/c1-6-2-3-8(10)7(4-5-11)9(6)12(13)14/h2-3H,4H2,1H3. The summed E-state index contributed by atoms with van der Waals surface area (Å²) in [6.45, 7) is 1.51. The number of nitro groups is 1. The number of rotatable bonds is 2. The molecule has 0 aromatic heterocycles. The maximum atomic E-state index is 13.1. The number of aryl methyl sites for hydroxylation is 1. The van der Waals surface area contributed by atoms with E-state index in [1.54, 1.807) is 6.07 Å². The summed E-state index contributed by atoms with van der Waals surface area (Å²) in [5, 5.41) is 19.0. The van der Waals surface area contributed by atoms with Crippen molar-refractivity contribution in [1.29, 1.82) is 5.26 Å². The van der Waals surface area contributed by atoms with Crippen LogP contribution in [0.4, 0.5) is 10.1 Å². The van der Waals surface area contributed by atoms with Gasteiger partial charge >= 0.3 is 0 Å². The number of nitriles is 1. The van der Waals surface area contributed by atoms with E-state index in [-0.39, 0.29) is 17.7 Å². The Kier molecular flexibility index (Phi) is 2.77. The predicted octanol–water partition coefficient (Wildman–Crippen LogP) is 2.11. The Morgan fingerprint density at radius 3 is 2.79 bits per heavy atom. The quantitative estimate of drug-likeness (QED) is 0.534. The molecule has 0 heterocycles. The second-order valence-corrected chi connectivity index (χ2v) is 2.78.